The lowest BCUT2D eigenvalue weighted by atomic mass is 9.96. The van der Waals surface area contributed by atoms with Crippen LogP contribution in [0.25, 0.3) is 0 Å². The van der Waals surface area contributed by atoms with E-state index in [2.05, 4.69) is 5.32 Å². The highest BCUT2D eigenvalue weighted by molar-refractivity contribution is 6.08. The average Bonchev–Trinajstić information content (AvgIpc) is 2.91. The second kappa shape index (κ2) is 7.88. The van der Waals surface area contributed by atoms with Crippen LogP contribution in [0.2, 0.25) is 0 Å². The molecule has 0 radical (unpaired) electrons. The number of ketones is 1. The van der Waals surface area contributed by atoms with Crippen molar-refractivity contribution in [1.29, 1.82) is 0 Å². The van der Waals surface area contributed by atoms with Gasteiger partial charge in [-0.2, -0.15) is 0 Å². The van der Waals surface area contributed by atoms with E-state index in [1.807, 2.05) is 18.2 Å². The van der Waals surface area contributed by atoms with Crippen LogP contribution in [0, 0.1) is 0 Å². The standard InChI is InChI=1S/C19H25N3O4/c1-13(23)16-17(14-5-3-4-6-15(14)26-2)22(19(25)18(16)24)12-11-21-9-7-20-8-10-21/h3-6,17,20,24H,7-12H2,1-2H3/p+2/t17-/m0/s1. The second-order valence-electron chi connectivity index (χ2n) is 6.83. The number of nitrogens with one attached hydrogen (secondary N) is 1. The van der Waals surface area contributed by atoms with Crippen LogP contribution in [0.1, 0.15) is 18.5 Å². The Morgan fingerprint density at radius 3 is 2.69 bits per heavy atom. The molecule has 0 saturated carbocycles. The highest BCUT2D eigenvalue weighted by Gasteiger charge is 2.43. The van der Waals surface area contributed by atoms with Gasteiger partial charge in [-0.05, 0) is 13.0 Å². The van der Waals surface area contributed by atoms with Crippen LogP contribution in [0.3, 0.4) is 0 Å². The average molecular weight is 361 g/mol. The minimum atomic E-state index is -0.605. The van der Waals surface area contributed by atoms with Crippen molar-refractivity contribution in [3.63, 3.8) is 0 Å². The number of ether oxygens (including phenoxy) is 1. The van der Waals surface area contributed by atoms with E-state index in [-0.39, 0.29) is 11.4 Å². The van der Waals surface area contributed by atoms with E-state index >= 15 is 0 Å². The van der Waals surface area contributed by atoms with E-state index in [1.165, 1.54) is 11.8 Å². The van der Waals surface area contributed by atoms with Crippen LogP contribution < -0.4 is 15.0 Å². The lowest BCUT2D eigenvalue weighted by Gasteiger charge is -2.30. The Bertz CT molecular complexity index is 725. The van der Waals surface area contributed by atoms with Gasteiger partial charge >= 0.3 is 0 Å². The van der Waals surface area contributed by atoms with Gasteiger partial charge in [-0.1, -0.05) is 18.2 Å². The van der Waals surface area contributed by atoms with E-state index < -0.39 is 17.7 Å². The van der Waals surface area contributed by atoms with Crippen LogP contribution in [0.4, 0.5) is 0 Å². The van der Waals surface area contributed by atoms with Gasteiger partial charge in [0.15, 0.2) is 11.5 Å². The Kier molecular flexibility index (Phi) is 5.58. The first-order valence-corrected chi connectivity index (χ1v) is 9.07. The van der Waals surface area contributed by atoms with Gasteiger partial charge in [-0.3, -0.25) is 9.59 Å². The third-order valence-electron chi connectivity index (χ3n) is 5.23. The Balaban J connectivity index is 1.91. The first kappa shape index (κ1) is 18.4. The molecule has 0 spiro atoms. The molecule has 1 fully saturated rings. The van der Waals surface area contributed by atoms with Crippen molar-refractivity contribution in [2.75, 3.05) is 46.4 Å². The summed E-state index contributed by atoms with van der Waals surface area (Å²) in [6.07, 6.45) is 0. The maximum atomic E-state index is 12.7. The molecule has 4 N–H and O–H groups in total. The van der Waals surface area contributed by atoms with Crippen molar-refractivity contribution in [1.82, 2.24) is 4.90 Å². The van der Waals surface area contributed by atoms with E-state index in [4.69, 9.17) is 4.74 Å². The maximum Gasteiger partial charge on any atom is 0.290 e. The molecule has 0 bridgehead atoms. The van der Waals surface area contributed by atoms with Crippen LogP contribution >= 0.6 is 0 Å². The first-order chi connectivity index (χ1) is 12.5. The molecule has 7 nitrogen and oxygen atoms in total. The smallest absolute Gasteiger partial charge is 0.290 e. The molecule has 7 heteroatoms. The highest BCUT2D eigenvalue weighted by atomic mass is 16.5. The Morgan fingerprint density at radius 2 is 2.04 bits per heavy atom. The highest BCUT2D eigenvalue weighted by Crippen LogP contribution is 2.40. The Labute approximate surface area is 153 Å². The van der Waals surface area contributed by atoms with Crippen molar-refractivity contribution < 1.29 is 29.6 Å². The summed E-state index contributed by atoms with van der Waals surface area (Å²) in [5.74, 6) is -0.609. The first-order valence-electron chi connectivity index (χ1n) is 9.07. The summed E-state index contributed by atoms with van der Waals surface area (Å²) < 4.78 is 5.44. The zero-order valence-electron chi connectivity index (χ0n) is 15.3. The minimum Gasteiger partial charge on any atom is -0.503 e. The van der Waals surface area contributed by atoms with Gasteiger partial charge in [-0.15, -0.1) is 0 Å². The molecule has 1 atom stereocenters. The normalized spacial score (nSPS) is 21.4. The monoisotopic (exact) mass is 361 g/mol. The molecular formula is C19H27N3O4+2. The Morgan fingerprint density at radius 1 is 1.35 bits per heavy atom. The lowest BCUT2D eigenvalue weighted by Crippen LogP contribution is -3.20. The number of methoxy groups -OCH3 is 1. The number of carbonyl (C=O) groups excluding carboxylic acids is 2. The summed E-state index contributed by atoms with van der Waals surface area (Å²) in [5.41, 5.74) is 0.876. The second-order valence-corrected chi connectivity index (χ2v) is 6.83. The van der Waals surface area contributed by atoms with Gasteiger partial charge in [0.25, 0.3) is 5.91 Å². The van der Waals surface area contributed by atoms with Gasteiger partial charge in [0, 0.05) is 5.56 Å². The molecule has 2 aliphatic rings. The summed E-state index contributed by atoms with van der Waals surface area (Å²) in [6.45, 7) is 6.95. The maximum absolute atomic E-state index is 12.7. The molecule has 1 saturated heterocycles. The van der Waals surface area contributed by atoms with Gasteiger partial charge in [-0.25, -0.2) is 0 Å². The number of amides is 1. The summed E-state index contributed by atoms with van der Waals surface area (Å²) >= 11 is 0. The molecule has 3 rings (SSSR count). The topological polar surface area (TPSA) is 87.9 Å². The molecule has 26 heavy (non-hydrogen) atoms. The van der Waals surface area contributed by atoms with Crippen molar-refractivity contribution in [2.24, 2.45) is 0 Å². The van der Waals surface area contributed by atoms with Crippen LogP contribution in [0.5, 0.6) is 5.75 Å². The molecule has 1 amide bonds. The summed E-state index contributed by atoms with van der Waals surface area (Å²) in [4.78, 5) is 27.9. The molecule has 1 aromatic rings. The molecule has 140 valence electrons. The number of nitrogens with two attached hydrogens (primary N) is 1. The molecule has 1 aromatic carbocycles. The SMILES string of the molecule is COc1ccccc1[C@H]1C(C(C)=O)=C(O)C(=O)N1CC[NH+]1CC[NH2+]CC1. The van der Waals surface area contributed by atoms with Crippen molar-refractivity contribution in [2.45, 2.75) is 13.0 Å². The summed E-state index contributed by atoms with van der Waals surface area (Å²) in [7, 11) is 1.56. The van der Waals surface area contributed by atoms with E-state index in [0.29, 0.717) is 12.3 Å². The zero-order valence-corrected chi connectivity index (χ0v) is 15.3. The molecule has 0 aliphatic carbocycles. The minimum absolute atomic E-state index is 0.154. The number of aliphatic hydroxyl groups excluding tert-OH is 1. The molecular weight excluding hydrogens is 334 g/mol. The largest absolute Gasteiger partial charge is 0.503 e. The molecule has 0 aromatic heterocycles. The number of quaternary nitrogens is 2. The fourth-order valence-electron chi connectivity index (χ4n) is 3.87. The van der Waals surface area contributed by atoms with Gasteiger partial charge < -0.3 is 25.0 Å². The van der Waals surface area contributed by atoms with Crippen LogP contribution in [-0.2, 0) is 9.59 Å². The van der Waals surface area contributed by atoms with Crippen molar-refractivity contribution in [3.05, 3.63) is 41.2 Å². The zero-order chi connectivity index (χ0) is 18.7. The molecule has 2 aliphatic heterocycles. The number of carbonyl (C=O) groups is 2. The molecule has 0 unspecified atom stereocenters. The number of hydrogen-bond acceptors (Lipinski definition) is 4. The fraction of sp³-hybridized carbons (Fsp3) is 0.474. The number of benzene rings is 1. The number of rotatable bonds is 6. The predicted molar refractivity (Wildman–Crippen MR) is 95.0 cm³/mol. The number of para-hydroxylation sites is 1. The van der Waals surface area contributed by atoms with Crippen molar-refractivity contribution >= 4 is 11.7 Å². The lowest BCUT2D eigenvalue weighted by molar-refractivity contribution is -0.946. The van der Waals surface area contributed by atoms with Crippen LogP contribution in [-0.4, -0.2) is 68.1 Å². The Hall–Kier alpha value is -2.38. The third-order valence-corrected chi connectivity index (χ3v) is 5.23. The molecule has 2 heterocycles. The summed E-state index contributed by atoms with van der Waals surface area (Å²) in [6, 6.07) is 6.73. The quantitative estimate of drug-likeness (QED) is 0.572. The van der Waals surface area contributed by atoms with Crippen molar-refractivity contribution in [3.8, 4) is 5.75 Å². The number of hydrogen-bond donors (Lipinski definition) is 3. The fourth-order valence-corrected chi connectivity index (χ4v) is 3.87. The number of Topliss-reactive ketones (excluding diaryl/α,β-unsaturated/α-hetero) is 1. The van der Waals surface area contributed by atoms with Crippen LogP contribution in [0.15, 0.2) is 35.6 Å². The van der Waals surface area contributed by atoms with E-state index in [9.17, 15) is 14.7 Å². The van der Waals surface area contributed by atoms with Gasteiger partial charge in [0.2, 0.25) is 0 Å². The summed E-state index contributed by atoms with van der Waals surface area (Å²) in [5, 5.41) is 12.6. The van der Waals surface area contributed by atoms with Gasteiger partial charge in [0.05, 0.1) is 31.8 Å². The van der Waals surface area contributed by atoms with E-state index in [0.717, 1.165) is 38.3 Å². The van der Waals surface area contributed by atoms with Gasteiger partial charge in [0.1, 0.15) is 31.9 Å². The third kappa shape index (κ3) is 3.45. The number of piperazine rings is 1. The predicted octanol–water partition coefficient (Wildman–Crippen LogP) is -1.56. The number of aliphatic hydroxyl groups is 1. The van der Waals surface area contributed by atoms with E-state index in [1.54, 1.807) is 18.1 Å². The number of nitrogens with zero attached hydrogens (tertiary/aromatic N) is 1.